The van der Waals surface area contributed by atoms with Gasteiger partial charge < -0.3 is 0 Å². The van der Waals surface area contributed by atoms with Crippen LogP contribution in [0.2, 0.25) is 0 Å². The van der Waals surface area contributed by atoms with Crippen LogP contribution < -0.4 is 0 Å². The molecular weight excluding hydrogens is 214 g/mol. The van der Waals surface area contributed by atoms with Crippen LogP contribution in [0.3, 0.4) is 0 Å². The second-order valence-corrected chi connectivity index (χ2v) is 6.48. The first-order valence-corrected chi connectivity index (χ1v) is 7.30. The molecule has 5 heteroatoms. The predicted octanol–water partition coefficient (Wildman–Crippen LogP) is 0.476. The van der Waals surface area contributed by atoms with E-state index in [1.54, 1.807) is 6.92 Å². The molecule has 0 bridgehead atoms. The molecule has 0 aliphatic carbocycles. The SMILES string of the molecule is CCS(=O)(=O)CCCN1CCCC(=O)C1. The van der Waals surface area contributed by atoms with Crippen LogP contribution in [0.15, 0.2) is 0 Å². The van der Waals surface area contributed by atoms with Crippen molar-refractivity contribution in [1.82, 2.24) is 4.90 Å². The van der Waals surface area contributed by atoms with E-state index in [0.29, 0.717) is 19.4 Å². The maximum atomic E-state index is 11.2. The van der Waals surface area contributed by atoms with Crippen LogP contribution in [0.1, 0.15) is 26.2 Å². The number of rotatable bonds is 5. The van der Waals surface area contributed by atoms with Crippen molar-refractivity contribution >= 4 is 15.6 Å². The Bertz CT molecular complexity index is 311. The van der Waals surface area contributed by atoms with Gasteiger partial charge in [-0.15, -0.1) is 0 Å². The molecule has 1 rings (SSSR count). The summed E-state index contributed by atoms with van der Waals surface area (Å²) in [6.45, 7) is 3.83. The van der Waals surface area contributed by atoms with Crippen LogP contribution in [0.25, 0.3) is 0 Å². The molecule has 0 amide bonds. The minimum Gasteiger partial charge on any atom is -0.298 e. The summed E-state index contributed by atoms with van der Waals surface area (Å²) in [6, 6.07) is 0. The Morgan fingerprint density at radius 2 is 2.13 bits per heavy atom. The number of nitrogens with zero attached hydrogens (tertiary/aromatic N) is 1. The van der Waals surface area contributed by atoms with Crippen LogP contribution in [-0.4, -0.2) is 50.2 Å². The van der Waals surface area contributed by atoms with E-state index in [1.165, 1.54) is 0 Å². The van der Waals surface area contributed by atoms with Crippen molar-refractivity contribution in [2.75, 3.05) is 31.1 Å². The molecule has 88 valence electrons. The van der Waals surface area contributed by atoms with E-state index >= 15 is 0 Å². The van der Waals surface area contributed by atoms with Crippen molar-refractivity contribution in [3.8, 4) is 0 Å². The maximum Gasteiger partial charge on any atom is 0.150 e. The molecule has 0 saturated carbocycles. The van der Waals surface area contributed by atoms with Crippen molar-refractivity contribution in [1.29, 1.82) is 0 Å². The van der Waals surface area contributed by atoms with Crippen LogP contribution in [0, 0.1) is 0 Å². The Morgan fingerprint density at radius 1 is 1.40 bits per heavy atom. The molecule has 0 radical (unpaired) electrons. The van der Waals surface area contributed by atoms with Gasteiger partial charge in [-0.25, -0.2) is 8.42 Å². The van der Waals surface area contributed by atoms with Gasteiger partial charge in [0.25, 0.3) is 0 Å². The van der Waals surface area contributed by atoms with E-state index in [1.807, 2.05) is 0 Å². The van der Waals surface area contributed by atoms with Crippen molar-refractivity contribution < 1.29 is 13.2 Å². The highest BCUT2D eigenvalue weighted by molar-refractivity contribution is 7.91. The van der Waals surface area contributed by atoms with Gasteiger partial charge in [0.15, 0.2) is 0 Å². The van der Waals surface area contributed by atoms with E-state index in [4.69, 9.17) is 0 Å². The summed E-state index contributed by atoms with van der Waals surface area (Å²) in [6.07, 6.45) is 2.24. The number of Topliss-reactive ketones (excluding diaryl/α,β-unsaturated/α-hetero) is 1. The summed E-state index contributed by atoms with van der Waals surface area (Å²) in [4.78, 5) is 13.2. The van der Waals surface area contributed by atoms with Crippen LogP contribution >= 0.6 is 0 Å². The monoisotopic (exact) mass is 233 g/mol. The summed E-state index contributed by atoms with van der Waals surface area (Å²) in [5, 5.41) is 0. The van der Waals surface area contributed by atoms with Gasteiger partial charge >= 0.3 is 0 Å². The van der Waals surface area contributed by atoms with E-state index in [9.17, 15) is 13.2 Å². The van der Waals surface area contributed by atoms with Crippen LogP contribution in [0.4, 0.5) is 0 Å². The van der Waals surface area contributed by atoms with E-state index in [2.05, 4.69) is 4.90 Å². The fourth-order valence-corrected chi connectivity index (χ4v) is 2.61. The molecule has 1 saturated heterocycles. The summed E-state index contributed by atoms with van der Waals surface area (Å²) < 4.78 is 22.4. The highest BCUT2D eigenvalue weighted by atomic mass is 32.2. The highest BCUT2D eigenvalue weighted by Crippen LogP contribution is 2.06. The smallest absolute Gasteiger partial charge is 0.150 e. The molecule has 0 spiro atoms. The molecule has 0 N–H and O–H groups in total. The first-order valence-electron chi connectivity index (χ1n) is 5.48. The van der Waals surface area contributed by atoms with Crippen molar-refractivity contribution in [2.24, 2.45) is 0 Å². The lowest BCUT2D eigenvalue weighted by Crippen LogP contribution is -2.36. The molecule has 0 atom stereocenters. The molecule has 1 heterocycles. The van der Waals surface area contributed by atoms with Gasteiger partial charge in [-0.05, 0) is 25.9 Å². The first kappa shape index (κ1) is 12.6. The molecule has 1 aliphatic rings. The Balaban J connectivity index is 2.23. The fourth-order valence-electron chi connectivity index (χ4n) is 1.75. The lowest BCUT2D eigenvalue weighted by Gasteiger charge is -2.25. The number of carbonyl (C=O) groups is 1. The lowest BCUT2D eigenvalue weighted by molar-refractivity contribution is -0.122. The topological polar surface area (TPSA) is 54.5 Å². The van der Waals surface area contributed by atoms with Crippen molar-refractivity contribution in [3.05, 3.63) is 0 Å². The van der Waals surface area contributed by atoms with Crippen LogP contribution in [-0.2, 0) is 14.6 Å². The summed E-state index contributed by atoms with van der Waals surface area (Å²) in [7, 11) is -2.85. The van der Waals surface area contributed by atoms with Gasteiger partial charge in [0, 0.05) is 12.2 Å². The Morgan fingerprint density at radius 3 is 2.73 bits per heavy atom. The summed E-state index contributed by atoms with van der Waals surface area (Å²) >= 11 is 0. The maximum absolute atomic E-state index is 11.2. The Labute approximate surface area is 91.6 Å². The predicted molar refractivity (Wildman–Crippen MR) is 59.6 cm³/mol. The Hall–Kier alpha value is -0.420. The van der Waals surface area contributed by atoms with Crippen molar-refractivity contribution in [3.63, 3.8) is 0 Å². The third kappa shape index (κ3) is 4.75. The number of hydrogen-bond acceptors (Lipinski definition) is 4. The van der Waals surface area contributed by atoms with E-state index in [-0.39, 0.29) is 17.3 Å². The number of ketones is 1. The highest BCUT2D eigenvalue weighted by Gasteiger charge is 2.16. The second-order valence-electron chi connectivity index (χ2n) is 4.01. The molecule has 4 nitrogen and oxygen atoms in total. The zero-order valence-corrected chi connectivity index (χ0v) is 10.1. The van der Waals surface area contributed by atoms with Gasteiger partial charge in [0.1, 0.15) is 15.6 Å². The van der Waals surface area contributed by atoms with Gasteiger partial charge in [0.05, 0.1) is 12.3 Å². The minimum absolute atomic E-state index is 0.214. The molecule has 15 heavy (non-hydrogen) atoms. The molecule has 0 aromatic rings. The molecule has 0 unspecified atom stereocenters. The minimum atomic E-state index is -2.85. The van der Waals surface area contributed by atoms with E-state index in [0.717, 1.165) is 19.5 Å². The van der Waals surface area contributed by atoms with Gasteiger partial charge in [-0.1, -0.05) is 6.92 Å². The molecule has 0 aromatic carbocycles. The second kappa shape index (κ2) is 5.61. The molecule has 1 aliphatic heterocycles. The quantitative estimate of drug-likeness (QED) is 0.693. The fraction of sp³-hybridized carbons (Fsp3) is 0.900. The number of hydrogen-bond donors (Lipinski definition) is 0. The summed E-state index contributed by atoms with van der Waals surface area (Å²) in [5.74, 6) is 0.736. The first-order chi connectivity index (χ1) is 7.03. The number of likely N-dealkylation sites (tertiary alicyclic amines) is 1. The molecule has 0 aromatic heterocycles. The zero-order chi connectivity index (χ0) is 11.3. The lowest BCUT2D eigenvalue weighted by atomic mass is 10.1. The number of carbonyl (C=O) groups excluding carboxylic acids is 1. The average Bonchev–Trinajstić information content (AvgIpc) is 2.18. The molecular formula is C10H19NO3S. The molecule has 1 fully saturated rings. The van der Waals surface area contributed by atoms with Gasteiger partial charge in [-0.3, -0.25) is 9.69 Å². The van der Waals surface area contributed by atoms with Crippen LogP contribution in [0.5, 0.6) is 0 Å². The number of piperidine rings is 1. The Kier molecular flexibility index (Phi) is 4.73. The normalized spacial score (nSPS) is 19.4. The largest absolute Gasteiger partial charge is 0.298 e. The standard InChI is InChI=1S/C10H19NO3S/c1-2-15(13,14)8-4-7-11-6-3-5-10(12)9-11/h2-9H2,1H3. The third-order valence-corrected chi connectivity index (χ3v) is 4.49. The van der Waals surface area contributed by atoms with E-state index < -0.39 is 9.84 Å². The zero-order valence-electron chi connectivity index (χ0n) is 9.24. The average molecular weight is 233 g/mol. The van der Waals surface area contributed by atoms with Crippen molar-refractivity contribution in [2.45, 2.75) is 26.2 Å². The third-order valence-electron chi connectivity index (χ3n) is 2.70. The van der Waals surface area contributed by atoms with Gasteiger partial charge in [0.2, 0.25) is 0 Å². The summed E-state index contributed by atoms with van der Waals surface area (Å²) in [5.41, 5.74) is 0. The van der Waals surface area contributed by atoms with Gasteiger partial charge in [-0.2, -0.15) is 0 Å². The number of sulfone groups is 1.